The van der Waals surface area contributed by atoms with Crippen molar-refractivity contribution in [2.45, 2.75) is 12.8 Å². The SMILES string of the molecule is Nc1ccc(N2CCN(C(=O)CCC(=O)c3ccc(O)cc3)CC2)cc1. The van der Waals surface area contributed by atoms with E-state index < -0.39 is 0 Å². The first-order valence-electron chi connectivity index (χ1n) is 8.73. The third-order valence-electron chi connectivity index (χ3n) is 4.65. The van der Waals surface area contributed by atoms with Crippen molar-refractivity contribution < 1.29 is 14.7 Å². The number of phenols is 1. The topological polar surface area (TPSA) is 86.9 Å². The molecule has 2 aromatic carbocycles. The molecule has 0 aromatic heterocycles. The maximum Gasteiger partial charge on any atom is 0.223 e. The average Bonchev–Trinajstić information content (AvgIpc) is 2.67. The molecule has 0 atom stereocenters. The molecule has 1 aliphatic rings. The highest BCUT2D eigenvalue weighted by Crippen LogP contribution is 2.19. The Morgan fingerprint density at radius 1 is 0.885 bits per heavy atom. The van der Waals surface area contributed by atoms with Crippen LogP contribution >= 0.6 is 0 Å². The fraction of sp³-hybridized carbons (Fsp3) is 0.300. The van der Waals surface area contributed by atoms with Gasteiger partial charge >= 0.3 is 0 Å². The largest absolute Gasteiger partial charge is 0.508 e. The van der Waals surface area contributed by atoms with Crippen LogP contribution in [0, 0.1) is 0 Å². The van der Waals surface area contributed by atoms with Crippen molar-refractivity contribution >= 4 is 23.1 Å². The molecule has 0 unspecified atom stereocenters. The van der Waals surface area contributed by atoms with E-state index in [0.29, 0.717) is 18.7 Å². The maximum atomic E-state index is 12.4. The van der Waals surface area contributed by atoms with Gasteiger partial charge in [0.2, 0.25) is 5.91 Å². The zero-order valence-electron chi connectivity index (χ0n) is 14.6. The predicted octanol–water partition coefficient (Wildman–Crippen LogP) is 2.29. The van der Waals surface area contributed by atoms with Crippen molar-refractivity contribution in [3.8, 4) is 5.75 Å². The monoisotopic (exact) mass is 353 g/mol. The third-order valence-corrected chi connectivity index (χ3v) is 4.65. The fourth-order valence-electron chi connectivity index (χ4n) is 3.07. The summed E-state index contributed by atoms with van der Waals surface area (Å²) in [7, 11) is 0. The van der Waals surface area contributed by atoms with Gasteiger partial charge in [0.25, 0.3) is 0 Å². The van der Waals surface area contributed by atoms with Crippen LogP contribution in [0.25, 0.3) is 0 Å². The summed E-state index contributed by atoms with van der Waals surface area (Å²) in [4.78, 5) is 28.6. The van der Waals surface area contributed by atoms with Gasteiger partial charge in [0.1, 0.15) is 5.75 Å². The number of nitrogen functional groups attached to an aromatic ring is 1. The van der Waals surface area contributed by atoms with Gasteiger partial charge in [0.15, 0.2) is 5.78 Å². The van der Waals surface area contributed by atoms with Gasteiger partial charge in [-0.25, -0.2) is 0 Å². The first-order chi connectivity index (χ1) is 12.5. The van der Waals surface area contributed by atoms with E-state index in [2.05, 4.69) is 4.90 Å². The standard InChI is InChI=1S/C20H23N3O3/c21-16-3-5-17(6-4-16)22-11-13-23(14-12-22)20(26)10-9-19(25)15-1-7-18(24)8-2-15/h1-8,24H,9-14,21H2. The van der Waals surface area contributed by atoms with Crippen molar-refractivity contribution in [2.24, 2.45) is 0 Å². The van der Waals surface area contributed by atoms with Crippen LogP contribution in [0.4, 0.5) is 11.4 Å². The summed E-state index contributed by atoms with van der Waals surface area (Å²) in [6.07, 6.45) is 0.392. The Kier molecular flexibility index (Phi) is 5.41. The van der Waals surface area contributed by atoms with Gasteiger partial charge in [0.05, 0.1) is 0 Å². The molecule has 0 aliphatic carbocycles. The normalized spacial score (nSPS) is 14.3. The Bertz CT molecular complexity index is 764. The van der Waals surface area contributed by atoms with Crippen LogP contribution in [0.3, 0.4) is 0 Å². The van der Waals surface area contributed by atoms with Gasteiger partial charge in [-0.1, -0.05) is 0 Å². The van der Waals surface area contributed by atoms with Crippen LogP contribution in [0.2, 0.25) is 0 Å². The van der Waals surface area contributed by atoms with Gasteiger partial charge in [-0.15, -0.1) is 0 Å². The first-order valence-corrected chi connectivity index (χ1v) is 8.73. The Hall–Kier alpha value is -3.02. The molecule has 1 aliphatic heterocycles. The van der Waals surface area contributed by atoms with Crippen LogP contribution in [0.15, 0.2) is 48.5 Å². The minimum absolute atomic E-state index is 0.00841. The number of nitrogens with zero attached hydrogens (tertiary/aromatic N) is 2. The molecule has 3 rings (SSSR count). The Morgan fingerprint density at radius 3 is 2.12 bits per heavy atom. The number of amides is 1. The predicted molar refractivity (Wildman–Crippen MR) is 101 cm³/mol. The number of piperazine rings is 1. The second-order valence-corrected chi connectivity index (χ2v) is 6.43. The Labute approximate surface area is 152 Å². The van der Waals surface area contributed by atoms with Gasteiger partial charge < -0.3 is 20.6 Å². The molecule has 1 fully saturated rings. The lowest BCUT2D eigenvalue weighted by Crippen LogP contribution is -2.48. The highest BCUT2D eigenvalue weighted by molar-refractivity contribution is 5.98. The van der Waals surface area contributed by atoms with Crippen LogP contribution in [0.5, 0.6) is 5.75 Å². The molecule has 0 spiro atoms. The van der Waals surface area contributed by atoms with E-state index in [4.69, 9.17) is 5.73 Å². The lowest BCUT2D eigenvalue weighted by atomic mass is 10.1. The van der Waals surface area contributed by atoms with E-state index in [-0.39, 0.29) is 30.3 Å². The van der Waals surface area contributed by atoms with E-state index in [1.165, 1.54) is 12.1 Å². The second kappa shape index (κ2) is 7.91. The molecule has 0 saturated carbocycles. The number of hydrogen-bond acceptors (Lipinski definition) is 5. The van der Waals surface area contributed by atoms with E-state index in [9.17, 15) is 14.7 Å². The molecular formula is C20H23N3O3. The number of Topliss-reactive ketones (excluding diaryl/α,β-unsaturated/α-hetero) is 1. The molecule has 136 valence electrons. The summed E-state index contributed by atoms with van der Waals surface area (Å²) in [6, 6.07) is 13.8. The van der Waals surface area contributed by atoms with Crippen LogP contribution in [0.1, 0.15) is 23.2 Å². The molecule has 0 radical (unpaired) electrons. The van der Waals surface area contributed by atoms with Gasteiger partial charge in [-0.3, -0.25) is 9.59 Å². The first kappa shape index (κ1) is 17.8. The van der Waals surface area contributed by atoms with Crippen LogP contribution in [-0.2, 0) is 4.79 Å². The van der Waals surface area contributed by atoms with E-state index in [1.807, 2.05) is 29.2 Å². The average molecular weight is 353 g/mol. The van der Waals surface area contributed by atoms with Crippen molar-refractivity contribution in [1.82, 2.24) is 4.90 Å². The molecule has 1 heterocycles. The summed E-state index contributed by atoms with van der Waals surface area (Å²) < 4.78 is 0. The number of carbonyl (C=O) groups is 2. The van der Waals surface area contributed by atoms with E-state index in [1.54, 1.807) is 12.1 Å². The quantitative estimate of drug-likeness (QED) is 0.636. The molecule has 1 saturated heterocycles. The van der Waals surface area contributed by atoms with Crippen molar-refractivity contribution in [3.05, 3.63) is 54.1 Å². The summed E-state index contributed by atoms with van der Waals surface area (Å²) >= 11 is 0. The summed E-state index contributed by atoms with van der Waals surface area (Å²) in [5.74, 6) is 0.0459. The van der Waals surface area contributed by atoms with Gasteiger partial charge in [-0.2, -0.15) is 0 Å². The van der Waals surface area contributed by atoms with E-state index >= 15 is 0 Å². The fourth-order valence-corrected chi connectivity index (χ4v) is 3.07. The molecule has 2 aromatic rings. The smallest absolute Gasteiger partial charge is 0.223 e. The molecule has 6 heteroatoms. The number of ketones is 1. The van der Waals surface area contributed by atoms with Crippen LogP contribution in [-0.4, -0.2) is 47.9 Å². The molecule has 0 bridgehead atoms. The summed E-state index contributed by atoms with van der Waals surface area (Å²) in [6.45, 7) is 2.83. The number of benzene rings is 2. The highest BCUT2D eigenvalue weighted by atomic mass is 16.3. The number of carbonyl (C=O) groups excluding carboxylic acids is 2. The summed E-state index contributed by atoms with van der Waals surface area (Å²) in [5.41, 5.74) is 8.07. The zero-order valence-corrected chi connectivity index (χ0v) is 14.6. The Balaban J connectivity index is 1.47. The van der Waals surface area contributed by atoms with Crippen LogP contribution < -0.4 is 10.6 Å². The highest BCUT2D eigenvalue weighted by Gasteiger charge is 2.21. The van der Waals surface area contributed by atoms with Crippen molar-refractivity contribution in [1.29, 1.82) is 0 Å². The van der Waals surface area contributed by atoms with Gasteiger partial charge in [-0.05, 0) is 48.5 Å². The lowest BCUT2D eigenvalue weighted by Gasteiger charge is -2.36. The minimum Gasteiger partial charge on any atom is -0.508 e. The number of rotatable bonds is 5. The summed E-state index contributed by atoms with van der Waals surface area (Å²) in [5, 5.41) is 9.26. The maximum absolute atomic E-state index is 12.4. The van der Waals surface area contributed by atoms with Crippen molar-refractivity contribution in [3.63, 3.8) is 0 Å². The van der Waals surface area contributed by atoms with Crippen molar-refractivity contribution in [2.75, 3.05) is 36.8 Å². The Morgan fingerprint density at radius 2 is 1.50 bits per heavy atom. The molecule has 6 nitrogen and oxygen atoms in total. The van der Waals surface area contributed by atoms with Gasteiger partial charge in [0, 0.05) is 56.0 Å². The zero-order chi connectivity index (χ0) is 18.5. The van der Waals surface area contributed by atoms with E-state index in [0.717, 1.165) is 24.5 Å². The third kappa shape index (κ3) is 4.33. The number of nitrogens with two attached hydrogens (primary N) is 1. The number of hydrogen-bond donors (Lipinski definition) is 2. The minimum atomic E-state index is -0.0844. The number of aromatic hydroxyl groups is 1. The molecule has 3 N–H and O–H groups in total. The molecule has 1 amide bonds. The lowest BCUT2D eigenvalue weighted by molar-refractivity contribution is -0.131. The molecular weight excluding hydrogens is 330 g/mol. The molecule has 26 heavy (non-hydrogen) atoms. The second-order valence-electron chi connectivity index (χ2n) is 6.43. The number of phenolic OH excluding ortho intramolecular Hbond substituents is 1. The number of anilines is 2.